The molecule has 0 aliphatic carbocycles. The maximum absolute atomic E-state index is 13.4. The quantitative estimate of drug-likeness (QED) is 0.618. The molecule has 106 valence electrons. The Balaban J connectivity index is 3.18. The van der Waals surface area contributed by atoms with E-state index >= 15 is 0 Å². The van der Waals surface area contributed by atoms with Crippen molar-refractivity contribution in [3.8, 4) is 0 Å². The van der Waals surface area contributed by atoms with Gasteiger partial charge in [-0.2, -0.15) is 4.72 Å². The second kappa shape index (κ2) is 5.49. The molecule has 6 nitrogen and oxygen atoms in total. The Morgan fingerprint density at radius 1 is 1.42 bits per heavy atom. The lowest BCUT2D eigenvalue weighted by molar-refractivity contribution is -0.142. The number of nitrogens with one attached hydrogen (secondary N) is 1. The number of carbonyl (C=O) groups is 1. The summed E-state index contributed by atoms with van der Waals surface area (Å²) in [7, 11) is -3.37. The van der Waals surface area contributed by atoms with Crippen molar-refractivity contribution in [3.63, 3.8) is 0 Å². The first-order valence-corrected chi connectivity index (χ1v) is 6.52. The lowest BCUT2D eigenvalue weighted by atomic mass is 10.3. The van der Waals surface area contributed by atoms with Crippen LogP contribution < -0.4 is 10.5 Å². The summed E-state index contributed by atoms with van der Waals surface area (Å²) in [6.07, 6.45) is 0. The average Bonchev–Trinajstić information content (AvgIpc) is 2.31. The van der Waals surface area contributed by atoms with Crippen molar-refractivity contribution in [2.24, 2.45) is 0 Å². The lowest BCUT2D eigenvalue weighted by Crippen LogP contribution is -2.39. The molecule has 19 heavy (non-hydrogen) atoms. The second-order valence-corrected chi connectivity index (χ2v) is 5.36. The highest BCUT2D eigenvalue weighted by Gasteiger charge is 2.27. The highest BCUT2D eigenvalue weighted by molar-refractivity contribution is 7.89. The van der Waals surface area contributed by atoms with Crippen LogP contribution in [0.5, 0.6) is 0 Å². The Bertz CT molecular complexity index is 604. The van der Waals surface area contributed by atoms with Crippen molar-refractivity contribution in [2.45, 2.75) is 17.9 Å². The number of nitrogen functional groups attached to an aromatic ring is 1. The molecule has 0 spiro atoms. The molecule has 1 unspecified atom stereocenters. The van der Waals surface area contributed by atoms with Crippen LogP contribution in [0.2, 0.25) is 0 Å². The Kier molecular flexibility index (Phi) is 4.43. The predicted molar refractivity (Wildman–Crippen MR) is 62.6 cm³/mol. The Hall–Kier alpha value is -1.74. The molecule has 0 aromatic heterocycles. The van der Waals surface area contributed by atoms with Crippen LogP contribution in [0.4, 0.5) is 14.5 Å². The smallest absolute Gasteiger partial charge is 0.323 e. The molecule has 0 bridgehead atoms. The van der Waals surface area contributed by atoms with Crippen molar-refractivity contribution >= 4 is 21.7 Å². The molecule has 1 aromatic rings. The Morgan fingerprint density at radius 2 is 2.00 bits per heavy atom. The fourth-order valence-corrected chi connectivity index (χ4v) is 2.61. The van der Waals surface area contributed by atoms with E-state index in [9.17, 15) is 22.0 Å². The maximum atomic E-state index is 13.4. The van der Waals surface area contributed by atoms with E-state index in [1.807, 2.05) is 4.72 Å². The number of rotatable bonds is 4. The number of benzene rings is 1. The monoisotopic (exact) mass is 294 g/mol. The minimum Gasteiger partial charge on any atom is -0.468 e. The summed E-state index contributed by atoms with van der Waals surface area (Å²) >= 11 is 0. The number of ether oxygens (including phenoxy) is 1. The van der Waals surface area contributed by atoms with E-state index in [2.05, 4.69) is 4.74 Å². The van der Waals surface area contributed by atoms with Gasteiger partial charge in [-0.25, -0.2) is 17.2 Å². The fourth-order valence-electron chi connectivity index (χ4n) is 1.30. The highest BCUT2D eigenvalue weighted by Crippen LogP contribution is 2.21. The van der Waals surface area contributed by atoms with Crippen LogP contribution in [0.3, 0.4) is 0 Å². The second-order valence-electron chi connectivity index (χ2n) is 3.68. The first kappa shape index (κ1) is 15.3. The van der Waals surface area contributed by atoms with Gasteiger partial charge >= 0.3 is 5.97 Å². The van der Waals surface area contributed by atoms with Gasteiger partial charge in [0.05, 0.1) is 7.11 Å². The van der Waals surface area contributed by atoms with Gasteiger partial charge in [0.25, 0.3) is 0 Å². The topological polar surface area (TPSA) is 98.5 Å². The normalized spacial score (nSPS) is 13.1. The zero-order chi connectivity index (χ0) is 14.8. The van der Waals surface area contributed by atoms with E-state index in [4.69, 9.17) is 5.73 Å². The molecule has 1 aromatic carbocycles. The van der Waals surface area contributed by atoms with Crippen molar-refractivity contribution in [3.05, 3.63) is 23.8 Å². The van der Waals surface area contributed by atoms with E-state index in [-0.39, 0.29) is 5.69 Å². The van der Waals surface area contributed by atoms with Crippen LogP contribution in [-0.4, -0.2) is 27.5 Å². The number of hydrogen-bond donors (Lipinski definition) is 2. The molecule has 1 rings (SSSR count). The molecule has 0 heterocycles. The number of methoxy groups -OCH3 is 1. The van der Waals surface area contributed by atoms with Crippen LogP contribution in [0, 0.1) is 11.6 Å². The summed E-state index contributed by atoms with van der Waals surface area (Å²) in [5, 5.41) is 0. The van der Waals surface area contributed by atoms with Crippen LogP contribution in [0.15, 0.2) is 17.0 Å². The van der Waals surface area contributed by atoms with Gasteiger partial charge in [0.2, 0.25) is 10.0 Å². The van der Waals surface area contributed by atoms with Gasteiger partial charge in [-0.05, 0) is 19.1 Å². The number of nitrogens with two attached hydrogens (primary N) is 1. The first-order valence-electron chi connectivity index (χ1n) is 5.03. The third-order valence-electron chi connectivity index (χ3n) is 2.19. The Morgan fingerprint density at radius 3 is 2.53 bits per heavy atom. The van der Waals surface area contributed by atoms with Crippen molar-refractivity contribution in [2.75, 3.05) is 12.8 Å². The van der Waals surface area contributed by atoms with Crippen LogP contribution >= 0.6 is 0 Å². The highest BCUT2D eigenvalue weighted by atomic mass is 32.2. The number of halogens is 2. The average molecular weight is 294 g/mol. The molecule has 0 aliphatic rings. The SMILES string of the molecule is COC(=O)C(C)NS(=O)(=O)c1cc(N)cc(F)c1F. The number of sulfonamides is 1. The van der Waals surface area contributed by atoms with E-state index in [1.165, 1.54) is 6.92 Å². The molecule has 0 saturated heterocycles. The maximum Gasteiger partial charge on any atom is 0.323 e. The minimum atomic E-state index is -4.44. The van der Waals surface area contributed by atoms with E-state index in [0.29, 0.717) is 6.07 Å². The molecule has 0 aliphatic heterocycles. The minimum absolute atomic E-state index is 0.259. The van der Waals surface area contributed by atoms with Crippen molar-refractivity contribution in [1.82, 2.24) is 4.72 Å². The van der Waals surface area contributed by atoms with Crippen LogP contribution in [-0.2, 0) is 19.6 Å². The van der Waals surface area contributed by atoms with Gasteiger partial charge in [-0.1, -0.05) is 0 Å². The summed E-state index contributed by atoms with van der Waals surface area (Å²) in [5.41, 5.74) is 4.99. The molecule has 0 radical (unpaired) electrons. The van der Waals surface area contributed by atoms with Crippen molar-refractivity contribution < 1.29 is 26.7 Å². The van der Waals surface area contributed by atoms with Crippen LogP contribution in [0.25, 0.3) is 0 Å². The molecule has 9 heteroatoms. The molecular weight excluding hydrogens is 282 g/mol. The molecular formula is C10H12F2N2O4S. The first-order chi connectivity index (χ1) is 8.69. The third kappa shape index (κ3) is 3.38. The third-order valence-corrected chi connectivity index (χ3v) is 3.73. The molecule has 0 saturated carbocycles. The van der Waals surface area contributed by atoms with E-state index < -0.39 is 38.6 Å². The standard InChI is InChI=1S/C10H12F2N2O4S/c1-5(10(15)18-2)14-19(16,17)8-4-6(13)3-7(11)9(8)12/h3-5,14H,13H2,1-2H3. The number of carbonyl (C=O) groups excluding carboxylic acids is 1. The summed E-state index contributed by atoms with van der Waals surface area (Å²) in [5.74, 6) is -3.83. The van der Waals surface area contributed by atoms with Gasteiger partial charge < -0.3 is 10.5 Å². The fraction of sp³-hybridized carbons (Fsp3) is 0.300. The zero-order valence-electron chi connectivity index (χ0n) is 10.1. The number of esters is 1. The van der Waals surface area contributed by atoms with Crippen molar-refractivity contribution in [1.29, 1.82) is 0 Å². The van der Waals surface area contributed by atoms with Crippen LogP contribution in [0.1, 0.15) is 6.92 Å². The summed E-state index contributed by atoms with van der Waals surface area (Å²) in [6.45, 7) is 1.20. The Labute approximate surface area is 108 Å². The molecule has 1 atom stereocenters. The largest absolute Gasteiger partial charge is 0.468 e. The summed E-state index contributed by atoms with van der Waals surface area (Å²) < 4.78 is 56.3. The summed E-state index contributed by atoms with van der Waals surface area (Å²) in [6, 6.07) is 0.155. The number of hydrogen-bond acceptors (Lipinski definition) is 5. The van der Waals surface area contributed by atoms with Gasteiger partial charge in [0, 0.05) is 5.69 Å². The zero-order valence-corrected chi connectivity index (χ0v) is 10.9. The van der Waals surface area contributed by atoms with E-state index in [0.717, 1.165) is 13.2 Å². The van der Waals surface area contributed by atoms with Gasteiger partial charge in [0.1, 0.15) is 10.9 Å². The summed E-state index contributed by atoms with van der Waals surface area (Å²) in [4.78, 5) is 10.1. The van der Waals surface area contributed by atoms with Gasteiger partial charge in [-0.3, -0.25) is 4.79 Å². The molecule has 0 amide bonds. The lowest BCUT2D eigenvalue weighted by Gasteiger charge is -2.13. The molecule has 3 N–H and O–H groups in total. The van der Waals surface area contributed by atoms with Gasteiger partial charge in [0.15, 0.2) is 11.6 Å². The predicted octanol–water partition coefficient (Wildman–Crippen LogP) is 0.387. The number of anilines is 1. The van der Waals surface area contributed by atoms with E-state index in [1.54, 1.807) is 0 Å². The molecule has 0 fully saturated rings. The van der Waals surface area contributed by atoms with Gasteiger partial charge in [-0.15, -0.1) is 0 Å².